The van der Waals surface area contributed by atoms with Gasteiger partial charge in [0.05, 0.1) is 6.21 Å². The van der Waals surface area contributed by atoms with E-state index in [2.05, 4.69) is 10.3 Å². The first-order valence-corrected chi connectivity index (χ1v) is 5.47. The van der Waals surface area contributed by atoms with Crippen LogP contribution in [0.25, 0.3) is 0 Å². The third-order valence-electron chi connectivity index (χ3n) is 1.35. The van der Waals surface area contributed by atoms with Crippen LogP contribution in [0.2, 0.25) is 0 Å². The lowest BCUT2D eigenvalue weighted by molar-refractivity contribution is 0.561. The lowest BCUT2D eigenvalue weighted by Gasteiger charge is -2.17. The number of rotatable bonds is 4. The van der Waals surface area contributed by atoms with Crippen molar-refractivity contribution in [2.75, 3.05) is 0 Å². The summed E-state index contributed by atoms with van der Waals surface area (Å²) in [5, 5.41) is 0. The molecule has 0 aromatic heterocycles. The summed E-state index contributed by atoms with van der Waals surface area (Å²) < 4.78 is 15.1. The zero-order valence-corrected chi connectivity index (χ0v) is 9.36. The second-order valence-corrected chi connectivity index (χ2v) is 5.68. The van der Waals surface area contributed by atoms with Crippen LogP contribution in [0.15, 0.2) is 4.40 Å². The summed E-state index contributed by atoms with van der Waals surface area (Å²) >= 11 is -1.12. The van der Waals surface area contributed by atoms with E-state index in [1.807, 2.05) is 20.8 Å². The van der Waals surface area contributed by atoms with Gasteiger partial charge < -0.3 is 4.55 Å². The van der Waals surface area contributed by atoms with E-state index >= 15 is 0 Å². The van der Waals surface area contributed by atoms with Crippen molar-refractivity contribution in [3.63, 3.8) is 0 Å². The van der Waals surface area contributed by atoms with Crippen LogP contribution in [0, 0.1) is 12.3 Å². The molecule has 0 aromatic carbocycles. The second kappa shape index (κ2) is 6.06. The molecule has 3 heteroatoms. The fourth-order valence-electron chi connectivity index (χ4n) is 0.574. The number of nitrogens with zero attached hydrogens (tertiary/aromatic N) is 1. The third-order valence-corrected chi connectivity index (χ3v) is 2.74. The number of unbranched alkanes of at least 4 members (excludes halogenated alkanes) is 2. The Labute approximate surface area is 84.1 Å². The van der Waals surface area contributed by atoms with Gasteiger partial charge in [-0.15, -0.1) is 12.3 Å². The molecule has 13 heavy (non-hydrogen) atoms. The van der Waals surface area contributed by atoms with Crippen molar-refractivity contribution < 1.29 is 4.55 Å². The van der Waals surface area contributed by atoms with E-state index in [1.54, 1.807) is 6.21 Å². The highest BCUT2D eigenvalue weighted by molar-refractivity contribution is 7.91. The predicted molar refractivity (Wildman–Crippen MR) is 59.1 cm³/mol. The van der Waals surface area contributed by atoms with Crippen LogP contribution in [0.4, 0.5) is 0 Å². The quantitative estimate of drug-likeness (QED) is 0.296. The lowest BCUT2D eigenvalue weighted by atomic mass is 10.3. The fourth-order valence-corrected chi connectivity index (χ4v) is 1.13. The summed E-state index contributed by atoms with van der Waals surface area (Å²) in [5.41, 5.74) is 0. The maximum atomic E-state index is 11.4. The predicted octanol–water partition coefficient (Wildman–Crippen LogP) is 2.32. The molecule has 0 bridgehead atoms. The Morgan fingerprint density at radius 2 is 2.15 bits per heavy atom. The molecule has 0 saturated heterocycles. The summed E-state index contributed by atoms with van der Waals surface area (Å²) in [5.74, 6) is 2.55. The molecule has 0 radical (unpaired) electrons. The molecule has 0 aliphatic carbocycles. The van der Waals surface area contributed by atoms with Gasteiger partial charge in [-0.25, -0.2) is 0 Å². The van der Waals surface area contributed by atoms with E-state index in [9.17, 15) is 4.55 Å². The van der Waals surface area contributed by atoms with Gasteiger partial charge in [-0.3, -0.25) is 0 Å². The zero-order valence-electron chi connectivity index (χ0n) is 8.54. The normalized spacial score (nSPS) is 14.4. The van der Waals surface area contributed by atoms with Crippen LogP contribution in [0.1, 0.15) is 40.0 Å². The number of terminal acetylenes is 1. The van der Waals surface area contributed by atoms with Crippen LogP contribution in [0.3, 0.4) is 0 Å². The van der Waals surface area contributed by atoms with E-state index in [0.29, 0.717) is 0 Å². The Morgan fingerprint density at radius 3 is 2.62 bits per heavy atom. The highest BCUT2D eigenvalue weighted by atomic mass is 32.2. The minimum atomic E-state index is -1.12. The molecule has 0 aliphatic rings. The van der Waals surface area contributed by atoms with E-state index < -0.39 is 11.4 Å². The van der Waals surface area contributed by atoms with Crippen LogP contribution in [-0.4, -0.2) is 15.5 Å². The van der Waals surface area contributed by atoms with Gasteiger partial charge in [0, 0.05) is 6.42 Å². The maximum Gasteiger partial charge on any atom is 0.144 e. The SMILES string of the molecule is C#CCCCC=N[S+]([O-])C(C)(C)C. The van der Waals surface area contributed by atoms with Crippen molar-refractivity contribution in [2.45, 2.75) is 44.8 Å². The molecule has 0 amide bonds. The number of hydrogen-bond acceptors (Lipinski definition) is 2. The Balaban J connectivity index is 3.67. The van der Waals surface area contributed by atoms with Crippen molar-refractivity contribution >= 4 is 17.6 Å². The van der Waals surface area contributed by atoms with Gasteiger partial charge in [-0.2, -0.15) is 0 Å². The van der Waals surface area contributed by atoms with Crippen LogP contribution >= 0.6 is 0 Å². The van der Waals surface area contributed by atoms with Crippen molar-refractivity contribution in [3.05, 3.63) is 0 Å². The van der Waals surface area contributed by atoms with Crippen molar-refractivity contribution in [1.82, 2.24) is 0 Å². The molecule has 0 spiro atoms. The molecule has 0 aliphatic heterocycles. The highest BCUT2D eigenvalue weighted by Crippen LogP contribution is 2.16. The first-order chi connectivity index (χ1) is 5.98. The zero-order chi connectivity index (χ0) is 10.3. The molecular formula is C10H17NOS. The van der Waals surface area contributed by atoms with E-state index in [-0.39, 0.29) is 4.75 Å². The van der Waals surface area contributed by atoms with Crippen LogP contribution in [-0.2, 0) is 11.4 Å². The fraction of sp³-hybridized carbons (Fsp3) is 0.700. The van der Waals surface area contributed by atoms with Gasteiger partial charge in [0.15, 0.2) is 0 Å². The van der Waals surface area contributed by atoms with Crippen LogP contribution < -0.4 is 0 Å². The lowest BCUT2D eigenvalue weighted by Crippen LogP contribution is -2.25. The molecule has 2 nitrogen and oxygen atoms in total. The molecular weight excluding hydrogens is 182 g/mol. The Kier molecular flexibility index (Phi) is 5.85. The smallest absolute Gasteiger partial charge is 0.144 e. The largest absolute Gasteiger partial charge is 0.591 e. The molecule has 0 heterocycles. The molecule has 0 aromatic rings. The highest BCUT2D eigenvalue weighted by Gasteiger charge is 2.25. The Hall–Kier alpha value is -0.460. The average Bonchev–Trinajstić information content (AvgIpc) is 2.02. The van der Waals surface area contributed by atoms with E-state index in [0.717, 1.165) is 19.3 Å². The molecule has 0 rings (SSSR count). The monoisotopic (exact) mass is 199 g/mol. The summed E-state index contributed by atoms with van der Waals surface area (Å²) in [6, 6.07) is 0. The topological polar surface area (TPSA) is 35.4 Å². The summed E-state index contributed by atoms with van der Waals surface area (Å²) in [7, 11) is 0. The summed E-state index contributed by atoms with van der Waals surface area (Å²) in [4.78, 5) is 0. The maximum absolute atomic E-state index is 11.4. The van der Waals surface area contributed by atoms with Crippen molar-refractivity contribution in [3.8, 4) is 12.3 Å². The standard InChI is InChI=1S/C10H17NOS/c1-5-6-7-8-9-11-13(12)10(2,3)4/h1,9H,6-8H2,2-4H3. The molecule has 1 unspecified atom stereocenters. The Morgan fingerprint density at radius 1 is 1.54 bits per heavy atom. The average molecular weight is 199 g/mol. The number of hydrogen-bond donors (Lipinski definition) is 0. The van der Waals surface area contributed by atoms with Gasteiger partial charge in [-0.1, -0.05) is 4.40 Å². The van der Waals surface area contributed by atoms with Gasteiger partial charge in [-0.05, 0) is 33.6 Å². The van der Waals surface area contributed by atoms with Crippen molar-refractivity contribution in [1.29, 1.82) is 0 Å². The van der Waals surface area contributed by atoms with Gasteiger partial charge in [0.25, 0.3) is 0 Å². The first-order valence-electron chi connectivity index (χ1n) is 4.36. The summed E-state index contributed by atoms with van der Waals surface area (Å²) in [6.07, 6.45) is 9.28. The minimum absolute atomic E-state index is 0.261. The van der Waals surface area contributed by atoms with Gasteiger partial charge >= 0.3 is 0 Å². The molecule has 0 saturated carbocycles. The third kappa shape index (κ3) is 6.68. The van der Waals surface area contributed by atoms with Crippen molar-refractivity contribution in [2.24, 2.45) is 4.40 Å². The van der Waals surface area contributed by atoms with Crippen LogP contribution in [0.5, 0.6) is 0 Å². The van der Waals surface area contributed by atoms with E-state index in [1.165, 1.54) is 0 Å². The molecule has 1 atom stereocenters. The Bertz CT molecular complexity index is 200. The molecule has 0 fully saturated rings. The first kappa shape index (κ1) is 12.5. The second-order valence-electron chi connectivity index (χ2n) is 3.75. The van der Waals surface area contributed by atoms with E-state index in [4.69, 9.17) is 6.42 Å². The van der Waals surface area contributed by atoms with Gasteiger partial charge in [0.2, 0.25) is 0 Å². The summed E-state index contributed by atoms with van der Waals surface area (Å²) in [6.45, 7) is 5.71. The van der Waals surface area contributed by atoms with Gasteiger partial charge in [0.1, 0.15) is 16.1 Å². The molecule has 0 N–H and O–H groups in total. The molecule has 74 valence electrons. The minimum Gasteiger partial charge on any atom is -0.591 e.